The average Bonchev–Trinajstić information content (AvgIpc) is 3.30. The zero-order valence-corrected chi connectivity index (χ0v) is 16.5. The Bertz CT molecular complexity index is 953. The van der Waals surface area contributed by atoms with Crippen LogP contribution in [0.25, 0.3) is 0 Å². The van der Waals surface area contributed by atoms with Crippen LogP contribution in [0.2, 0.25) is 0 Å². The molecule has 150 valence electrons. The highest BCUT2D eigenvalue weighted by Gasteiger charge is 2.35. The Morgan fingerprint density at radius 1 is 1.29 bits per heavy atom. The van der Waals surface area contributed by atoms with Gasteiger partial charge in [-0.3, -0.25) is 9.59 Å². The number of esters is 1. The van der Waals surface area contributed by atoms with E-state index in [4.69, 9.17) is 9.15 Å². The van der Waals surface area contributed by atoms with Gasteiger partial charge in [0.2, 0.25) is 15.9 Å². The van der Waals surface area contributed by atoms with Gasteiger partial charge in [0.15, 0.2) is 0 Å². The van der Waals surface area contributed by atoms with Crippen LogP contribution in [-0.2, 0) is 37.5 Å². The van der Waals surface area contributed by atoms with Crippen LogP contribution in [0, 0.1) is 5.92 Å². The van der Waals surface area contributed by atoms with Gasteiger partial charge in [-0.15, -0.1) is 0 Å². The number of carbonyl (C=O) groups excluding carboxylic acids is 2. The molecule has 0 bridgehead atoms. The van der Waals surface area contributed by atoms with Gasteiger partial charge < -0.3 is 14.1 Å². The van der Waals surface area contributed by atoms with Crippen molar-refractivity contribution in [1.29, 1.82) is 0 Å². The number of nitrogens with zero attached hydrogens (tertiary/aromatic N) is 2. The number of hydrogen-bond acceptors (Lipinski definition) is 6. The highest BCUT2D eigenvalue weighted by molar-refractivity contribution is 7.89. The van der Waals surface area contributed by atoms with Gasteiger partial charge in [-0.25, -0.2) is 12.7 Å². The van der Waals surface area contributed by atoms with E-state index in [2.05, 4.69) is 0 Å². The molecule has 1 aromatic carbocycles. The summed E-state index contributed by atoms with van der Waals surface area (Å²) in [6.07, 6.45) is 1.63. The molecular formula is C19H22N2O6S. The minimum absolute atomic E-state index is 0.0570. The second-order valence-corrected chi connectivity index (χ2v) is 8.95. The van der Waals surface area contributed by atoms with E-state index in [1.165, 1.54) is 32.5 Å². The summed E-state index contributed by atoms with van der Waals surface area (Å²) in [5, 5.41) is 0. The molecule has 3 rings (SSSR count). The van der Waals surface area contributed by atoms with Crippen LogP contribution >= 0.6 is 0 Å². The van der Waals surface area contributed by atoms with E-state index in [0.717, 1.165) is 4.31 Å². The van der Waals surface area contributed by atoms with Gasteiger partial charge in [-0.05, 0) is 29.8 Å². The molecule has 1 aliphatic rings. The molecule has 0 radical (unpaired) electrons. The van der Waals surface area contributed by atoms with Crippen molar-refractivity contribution in [2.45, 2.75) is 24.5 Å². The zero-order valence-electron chi connectivity index (χ0n) is 15.7. The van der Waals surface area contributed by atoms with E-state index in [9.17, 15) is 18.0 Å². The van der Waals surface area contributed by atoms with Crippen molar-refractivity contribution in [3.63, 3.8) is 0 Å². The first-order valence-corrected chi connectivity index (χ1v) is 10.2. The van der Waals surface area contributed by atoms with Crippen LogP contribution in [0.15, 0.2) is 52.0 Å². The second-order valence-electron chi connectivity index (χ2n) is 6.80. The maximum atomic E-state index is 12.4. The highest BCUT2D eigenvalue weighted by Crippen LogP contribution is 2.22. The topological polar surface area (TPSA) is 97.1 Å². The van der Waals surface area contributed by atoms with Crippen LogP contribution in [0.4, 0.5) is 0 Å². The summed E-state index contributed by atoms with van der Waals surface area (Å²) in [5.74, 6) is -0.494. The summed E-state index contributed by atoms with van der Waals surface area (Å²) < 4.78 is 36.1. The SMILES string of the molecule is CN(C)S(=O)(=O)c1cccc(COC(=O)[C@@H]2CC(=O)N(Cc3ccco3)C2)c1. The maximum absolute atomic E-state index is 12.4. The maximum Gasteiger partial charge on any atom is 0.311 e. The largest absolute Gasteiger partial charge is 0.467 e. The van der Waals surface area contributed by atoms with Crippen molar-refractivity contribution in [1.82, 2.24) is 9.21 Å². The van der Waals surface area contributed by atoms with Gasteiger partial charge in [0.05, 0.1) is 23.6 Å². The molecule has 0 aliphatic carbocycles. The molecule has 1 amide bonds. The lowest BCUT2D eigenvalue weighted by atomic mass is 10.1. The van der Waals surface area contributed by atoms with E-state index >= 15 is 0 Å². The fraction of sp³-hybridized carbons (Fsp3) is 0.368. The number of furan rings is 1. The monoisotopic (exact) mass is 406 g/mol. The number of ether oxygens (including phenoxy) is 1. The van der Waals surface area contributed by atoms with Crippen LogP contribution in [0.5, 0.6) is 0 Å². The number of carbonyl (C=O) groups is 2. The summed E-state index contributed by atoms with van der Waals surface area (Å²) in [6.45, 7) is 0.534. The van der Waals surface area contributed by atoms with E-state index in [1.807, 2.05) is 0 Å². The third kappa shape index (κ3) is 4.42. The standard InChI is InChI=1S/C19H22N2O6S/c1-20(2)28(24,25)17-7-3-5-14(9-17)13-27-19(23)15-10-18(22)21(11-15)12-16-6-4-8-26-16/h3-9,15H,10-13H2,1-2H3/t15-/m1/s1. The second kappa shape index (κ2) is 8.15. The normalized spacial score (nSPS) is 17.3. The Labute approximate surface area is 163 Å². The predicted molar refractivity (Wildman–Crippen MR) is 99.3 cm³/mol. The minimum atomic E-state index is -3.56. The third-order valence-electron chi connectivity index (χ3n) is 4.53. The van der Waals surface area contributed by atoms with Gasteiger partial charge in [0.25, 0.3) is 0 Å². The fourth-order valence-electron chi connectivity index (χ4n) is 2.95. The Balaban J connectivity index is 1.58. The number of benzene rings is 1. The molecule has 0 spiro atoms. The number of sulfonamides is 1. The molecule has 1 aromatic heterocycles. The first-order chi connectivity index (χ1) is 13.3. The van der Waals surface area contributed by atoms with Crippen molar-refractivity contribution in [2.75, 3.05) is 20.6 Å². The van der Waals surface area contributed by atoms with Gasteiger partial charge in [-0.2, -0.15) is 0 Å². The molecule has 0 unspecified atom stereocenters. The van der Waals surface area contributed by atoms with E-state index in [0.29, 0.717) is 17.9 Å². The number of rotatable bonds is 7. The summed E-state index contributed by atoms with van der Waals surface area (Å²) in [7, 11) is -0.656. The quantitative estimate of drug-likeness (QED) is 0.648. The summed E-state index contributed by atoms with van der Waals surface area (Å²) in [5.41, 5.74) is 0.563. The number of amides is 1. The lowest BCUT2D eigenvalue weighted by Crippen LogP contribution is -2.26. The van der Waals surface area contributed by atoms with Crippen LogP contribution in [0.3, 0.4) is 0 Å². The van der Waals surface area contributed by atoms with Crippen LogP contribution in [-0.4, -0.2) is 50.1 Å². The molecular weight excluding hydrogens is 384 g/mol. The van der Waals surface area contributed by atoms with Crippen molar-refractivity contribution in [2.24, 2.45) is 5.92 Å². The van der Waals surface area contributed by atoms with Gasteiger partial charge in [0.1, 0.15) is 12.4 Å². The smallest absolute Gasteiger partial charge is 0.311 e. The molecule has 1 saturated heterocycles. The molecule has 1 aliphatic heterocycles. The van der Waals surface area contributed by atoms with Crippen molar-refractivity contribution >= 4 is 21.9 Å². The molecule has 9 heteroatoms. The first kappa shape index (κ1) is 20.1. The Hall–Kier alpha value is -2.65. The molecule has 0 saturated carbocycles. The lowest BCUT2D eigenvalue weighted by Gasteiger charge is -2.15. The zero-order chi connectivity index (χ0) is 20.3. The van der Waals surface area contributed by atoms with Crippen LogP contribution in [0.1, 0.15) is 17.7 Å². The van der Waals surface area contributed by atoms with Gasteiger partial charge in [-0.1, -0.05) is 12.1 Å². The van der Waals surface area contributed by atoms with Crippen LogP contribution < -0.4 is 0 Å². The molecule has 2 aromatic rings. The molecule has 1 fully saturated rings. The summed E-state index contributed by atoms with van der Waals surface area (Å²) in [6, 6.07) is 9.77. The fourth-order valence-corrected chi connectivity index (χ4v) is 3.92. The van der Waals surface area contributed by atoms with E-state index in [1.54, 1.807) is 29.2 Å². The molecule has 0 N–H and O–H groups in total. The van der Waals surface area contributed by atoms with E-state index < -0.39 is 21.9 Å². The summed E-state index contributed by atoms with van der Waals surface area (Å²) in [4.78, 5) is 26.2. The molecule has 1 atom stereocenters. The Kier molecular flexibility index (Phi) is 5.85. The molecule has 2 heterocycles. The highest BCUT2D eigenvalue weighted by atomic mass is 32.2. The average molecular weight is 406 g/mol. The van der Waals surface area contributed by atoms with E-state index in [-0.39, 0.29) is 30.4 Å². The first-order valence-electron chi connectivity index (χ1n) is 8.75. The number of hydrogen-bond donors (Lipinski definition) is 0. The lowest BCUT2D eigenvalue weighted by molar-refractivity contribution is -0.149. The van der Waals surface area contributed by atoms with Gasteiger partial charge in [0, 0.05) is 27.1 Å². The number of likely N-dealkylation sites (tertiary alicyclic amines) is 1. The minimum Gasteiger partial charge on any atom is -0.467 e. The van der Waals surface area contributed by atoms with Crippen molar-refractivity contribution in [3.05, 3.63) is 54.0 Å². The van der Waals surface area contributed by atoms with Crippen molar-refractivity contribution < 1.29 is 27.2 Å². The Morgan fingerprint density at radius 3 is 2.75 bits per heavy atom. The molecule has 8 nitrogen and oxygen atoms in total. The predicted octanol–water partition coefficient (Wildman–Crippen LogP) is 1.62. The Morgan fingerprint density at radius 2 is 2.07 bits per heavy atom. The molecule has 28 heavy (non-hydrogen) atoms. The van der Waals surface area contributed by atoms with Gasteiger partial charge >= 0.3 is 5.97 Å². The van der Waals surface area contributed by atoms with Crippen molar-refractivity contribution in [3.8, 4) is 0 Å². The third-order valence-corrected chi connectivity index (χ3v) is 6.34. The summed E-state index contributed by atoms with van der Waals surface area (Å²) >= 11 is 0.